The molecule has 0 aromatic carbocycles. The lowest BCUT2D eigenvalue weighted by Crippen LogP contribution is -2.50. The number of hydrogen-bond donors (Lipinski definition) is 1. The van der Waals surface area contributed by atoms with Crippen molar-refractivity contribution in [1.82, 2.24) is 10.0 Å². The maximum absolute atomic E-state index is 12.6. The predicted molar refractivity (Wildman–Crippen MR) is 158 cm³/mol. The summed E-state index contributed by atoms with van der Waals surface area (Å²) in [4.78, 5) is 25.7. The molecule has 1 N–H and O–H groups in total. The first-order valence-corrected chi connectivity index (χ1v) is 15.5. The molecular weight excluding hydrogens is 535 g/mol. The standard InChI is InChI=1S/C29H33N3O3S3/c1-3-4-8-23(9-10-24-14-18-36-27(24)21-30)20-22(2)7-5-6-15-31-17-19-37-29(35)32(31)16-13-25-11-12-26(38-25)28(33)34/h4,8,11-12,14,18,20,22H,3,5-7,13,15-17,19H2,1-2H3,(H,33,34)/b8-4-,23-20+. The molecule has 1 atom stereocenters. The minimum atomic E-state index is -0.910. The Morgan fingerprint density at radius 1 is 1.26 bits per heavy atom. The summed E-state index contributed by atoms with van der Waals surface area (Å²) in [6.07, 6.45) is 11.0. The van der Waals surface area contributed by atoms with Crippen LogP contribution in [0.5, 0.6) is 0 Å². The molecule has 6 nitrogen and oxygen atoms in total. The van der Waals surface area contributed by atoms with Crippen molar-refractivity contribution in [3.63, 3.8) is 0 Å². The lowest BCUT2D eigenvalue weighted by atomic mass is 10.0. The van der Waals surface area contributed by atoms with Crippen LogP contribution in [0.4, 0.5) is 4.79 Å². The molecular formula is C29H33N3O3S3. The number of hydrazine groups is 1. The average molecular weight is 568 g/mol. The minimum Gasteiger partial charge on any atom is -0.477 e. The van der Waals surface area contributed by atoms with Gasteiger partial charge in [0.15, 0.2) is 0 Å². The number of allylic oxidation sites excluding steroid dienone is 4. The molecule has 3 rings (SSSR count). The Bertz CT molecular complexity index is 1260. The van der Waals surface area contributed by atoms with Gasteiger partial charge in [0.25, 0.3) is 5.24 Å². The van der Waals surface area contributed by atoms with Crippen LogP contribution in [0, 0.1) is 29.1 Å². The van der Waals surface area contributed by atoms with Gasteiger partial charge in [0.2, 0.25) is 0 Å². The summed E-state index contributed by atoms with van der Waals surface area (Å²) >= 11 is 4.03. The van der Waals surface area contributed by atoms with Gasteiger partial charge in [-0.1, -0.05) is 62.1 Å². The highest BCUT2D eigenvalue weighted by Gasteiger charge is 2.26. The number of carbonyl (C=O) groups excluding carboxylic acids is 1. The smallest absolute Gasteiger partial charge is 0.345 e. The highest BCUT2D eigenvalue weighted by atomic mass is 32.2. The zero-order valence-corrected chi connectivity index (χ0v) is 24.3. The predicted octanol–water partition coefficient (Wildman–Crippen LogP) is 7.06. The first-order valence-electron chi connectivity index (χ1n) is 12.8. The second-order valence-electron chi connectivity index (χ2n) is 8.94. The molecule has 0 aliphatic carbocycles. The zero-order valence-electron chi connectivity index (χ0n) is 21.8. The number of nitriles is 1. The maximum atomic E-state index is 12.6. The largest absolute Gasteiger partial charge is 0.477 e. The summed E-state index contributed by atoms with van der Waals surface area (Å²) in [5.74, 6) is 6.64. The molecule has 0 spiro atoms. The van der Waals surface area contributed by atoms with Gasteiger partial charge >= 0.3 is 5.97 Å². The third-order valence-corrected chi connectivity index (χ3v) is 8.80. The molecule has 0 saturated carbocycles. The van der Waals surface area contributed by atoms with E-state index in [1.54, 1.807) is 6.07 Å². The van der Waals surface area contributed by atoms with Crippen molar-refractivity contribution in [2.24, 2.45) is 5.92 Å². The van der Waals surface area contributed by atoms with Crippen LogP contribution >= 0.6 is 34.4 Å². The molecule has 2 aromatic heterocycles. The van der Waals surface area contributed by atoms with E-state index >= 15 is 0 Å². The van der Waals surface area contributed by atoms with E-state index in [1.807, 2.05) is 22.5 Å². The molecule has 0 bridgehead atoms. The van der Waals surface area contributed by atoms with Crippen LogP contribution in [-0.2, 0) is 6.42 Å². The first kappa shape index (κ1) is 29.7. The number of unbranched alkanes of at least 4 members (excludes halogenated alkanes) is 1. The molecule has 1 saturated heterocycles. The Kier molecular flexibility index (Phi) is 12.2. The highest BCUT2D eigenvalue weighted by Crippen LogP contribution is 2.23. The number of aromatic carboxylic acids is 1. The molecule has 1 aliphatic heterocycles. The molecule has 2 aromatic rings. The minimum absolute atomic E-state index is 0.0682. The fourth-order valence-corrected chi connectivity index (χ4v) is 6.33. The third kappa shape index (κ3) is 9.18. The second-order valence-corrected chi connectivity index (χ2v) is 12.1. The Balaban J connectivity index is 1.51. The van der Waals surface area contributed by atoms with E-state index in [0.717, 1.165) is 60.5 Å². The molecule has 0 radical (unpaired) electrons. The van der Waals surface area contributed by atoms with Gasteiger partial charge in [-0.2, -0.15) is 5.26 Å². The van der Waals surface area contributed by atoms with Crippen LogP contribution in [0.2, 0.25) is 0 Å². The topological polar surface area (TPSA) is 84.6 Å². The molecule has 1 fully saturated rings. The molecule has 1 unspecified atom stereocenters. The molecule has 9 heteroatoms. The van der Waals surface area contributed by atoms with Crippen molar-refractivity contribution >= 4 is 45.6 Å². The van der Waals surface area contributed by atoms with Gasteiger partial charge in [0.1, 0.15) is 15.8 Å². The van der Waals surface area contributed by atoms with Crippen molar-refractivity contribution in [2.75, 3.05) is 25.4 Å². The van der Waals surface area contributed by atoms with E-state index < -0.39 is 5.97 Å². The SMILES string of the molecule is CC/C=C\C(C#Cc1ccsc1C#N)=C/C(C)CCCCN1CCSC(=O)N1CCc1ccc(C(=O)O)s1. The fourth-order valence-electron chi connectivity index (χ4n) is 4.03. The Morgan fingerprint density at radius 2 is 2.11 bits per heavy atom. The van der Waals surface area contributed by atoms with Gasteiger partial charge in [0.05, 0.1) is 5.56 Å². The fraction of sp³-hybridized carbons (Fsp3) is 0.414. The lowest BCUT2D eigenvalue weighted by molar-refractivity contribution is 0.0268. The Labute approximate surface area is 237 Å². The van der Waals surface area contributed by atoms with Crippen LogP contribution < -0.4 is 0 Å². The van der Waals surface area contributed by atoms with E-state index in [0.29, 0.717) is 28.6 Å². The first-order chi connectivity index (χ1) is 18.4. The van der Waals surface area contributed by atoms with Crippen molar-refractivity contribution < 1.29 is 14.7 Å². The number of thioether (sulfide) groups is 1. The van der Waals surface area contributed by atoms with Crippen molar-refractivity contribution in [3.05, 3.63) is 67.6 Å². The number of carboxylic acids is 1. The molecule has 3 heterocycles. The van der Waals surface area contributed by atoms with E-state index in [-0.39, 0.29) is 5.24 Å². The number of thiophene rings is 2. The summed E-state index contributed by atoms with van der Waals surface area (Å²) in [5, 5.41) is 24.3. The summed E-state index contributed by atoms with van der Waals surface area (Å²) in [6.45, 7) is 6.52. The van der Waals surface area contributed by atoms with Crippen LogP contribution in [0.25, 0.3) is 0 Å². The summed E-state index contributed by atoms with van der Waals surface area (Å²) in [6, 6.07) is 7.56. The quantitative estimate of drug-likeness (QED) is 0.168. The normalized spacial score (nSPS) is 15.3. The maximum Gasteiger partial charge on any atom is 0.345 e. The van der Waals surface area contributed by atoms with Crippen molar-refractivity contribution in [2.45, 2.75) is 46.0 Å². The van der Waals surface area contributed by atoms with E-state index in [4.69, 9.17) is 5.11 Å². The number of nitrogens with zero attached hydrogens (tertiary/aromatic N) is 3. The van der Waals surface area contributed by atoms with Gasteiger partial charge < -0.3 is 5.11 Å². The molecule has 38 heavy (non-hydrogen) atoms. The highest BCUT2D eigenvalue weighted by molar-refractivity contribution is 8.13. The van der Waals surface area contributed by atoms with E-state index in [1.165, 1.54) is 34.4 Å². The van der Waals surface area contributed by atoms with Gasteiger partial charge in [-0.25, -0.2) is 9.80 Å². The number of hydrogen-bond acceptors (Lipinski definition) is 7. The van der Waals surface area contributed by atoms with Crippen molar-refractivity contribution in [3.8, 4) is 17.9 Å². The molecule has 200 valence electrons. The number of amides is 1. The van der Waals surface area contributed by atoms with Crippen LogP contribution in [0.15, 0.2) is 47.4 Å². The monoisotopic (exact) mass is 567 g/mol. The second kappa shape index (κ2) is 15.6. The van der Waals surface area contributed by atoms with Crippen molar-refractivity contribution in [1.29, 1.82) is 5.26 Å². The third-order valence-electron chi connectivity index (χ3n) is 6.00. The van der Waals surface area contributed by atoms with E-state index in [9.17, 15) is 14.9 Å². The number of carbonyl (C=O) groups is 2. The lowest BCUT2D eigenvalue weighted by Gasteiger charge is -2.38. The molecule has 1 aliphatic rings. The Hall–Kier alpha value is -2.82. The van der Waals surface area contributed by atoms with E-state index in [2.05, 4.69) is 55.0 Å². The summed E-state index contributed by atoms with van der Waals surface area (Å²) in [5.41, 5.74) is 1.75. The summed E-state index contributed by atoms with van der Waals surface area (Å²) < 4.78 is 0. The summed E-state index contributed by atoms with van der Waals surface area (Å²) in [7, 11) is 0. The average Bonchev–Trinajstić information content (AvgIpc) is 3.57. The Morgan fingerprint density at radius 3 is 2.84 bits per heavy atom. The van der Waals surface area contributed by atoms with Gasteiger partial charge in [-0.15, -0.1) is 22.7 Å². The zero-order chi connectivity index (χ0) is 27.3. The van der Waals surface area contributed by atoms with Gasteiger partial charge in [0, 0.05) is 42.3 Å². The van der Waals surface area contributed by atoms with Gasteiger partial charge in [-0.3, -0.25) is 9.80 Å². The van der Waals surface area contributed by atoms with Crippen LogP contribution in [0.1, 0.15) is 64.5 Å². The van der Waals surface area contributed by atoms with Gasteiger partial charge in [-0.05, 0) is 48.8 Å². The van der Waals surface area contributed by atoms with Crippen LogP contribution in [-0.4, -0.2) is 51.7 Å². The van der Waals surface area contributed by atoms with Crippen LogP contribution in [0.3, 0.4) is 0 Å². The number of rotatable bonds is 12. The molecule has 1 amide bonds. The number of carboxylic acid groups (broad SMARTS) is 1.